The fourth-order valence-corrected chi connectivity index (χ4v) is 2.35. The number of hydrogen-bond acceptors (Lipinski definition) is 2. The van der Waals surface area contributed by atoms with E-state index in [1.54, 1.807) is 0 Å². The molecule has 21 heavy (non-hydrogen) atoms. The van der Waals surface area contributed by atoms with Gasteiger partial charge in [-0.1, -0.05) is 31.2 Å². The Labute approximate surface area is 145 Å². The topological polar surface area (TPSA) is 36.9 Å². The van der Waals surface area contributed by atoms with E-state index in [2.05, 4.69) is 60.4 Å². The molecular formula is C16H26IN3O. The molecule has 4 nitrogen and oxygen atoms in total. The number of benzene rings is 1. The van der Waals surface area contributed by atoms with E-state index in [4.69, 9.17) is 4.74 Å². The first-order chi connectivity index (χ1) is 9.54. The zero-order valence-corrected chi connectivity index (χ0v) is 15.7. The summed E-state index contributed by atoms with van der Waals surface area (Å²) in [6.45, 7) is 7.80. The van der Waals surface area contributed by atoms with Gasteiger partial charge in [-0.3, -0.25) is 4.99 Å². The second-order valence-corrected chi connectivity index (χ2v) is 5.99. The van der Waals surface area contributed by atoms with Crippen molar-refractivity contribution in [3.63, 3.8) is 0 Å². The Morgan fingerprint density at radius 2 is 2.05 bits per heavy atom. The average Bonchev–Trinajstić information content (AvgIpc) is 2.40. The molecule has 1 fully saturated rings. The number of rotatable bonds is 4. The minimum Gasteiger partial charge on any atom is -0.380 e. The Kier molecular flexibility index (Phi) is 6.93. The van der Waals surface area contributed by atoms with Crippen LogP contribution < -0.4 is 5.32 Å². The normalized spacial score (nSPS) is 16.7. The van der Waals surface area contributed by atoms with Crippen molar-refractivity contribution in [2.24, 2.45) is 10.4 Å². The lowest BCUT2D eigenvalue weighted by Crippen LogP contribution is -2.51. The van der Waals surface area contributed by atoms with Gasteiger partial charge in [0.15, 0.2) is 5.96 Å². The lowest BCUT2D eigenvalue weighted by atomic mass is 9.89. The standard InChI is InChI=1S/C16H25N3O.HI/c1-13-7-5-6-8-14(13)9-19(4)15(17-3)18-10-16(2)11-20-12-16;/h5-8H,9-12H2,1-4H3,(H,17,18);1H. The maximum Gasteiger partial charge on any atom is 0.193 e. The van der Waals surface area contributed by atoms with E-state index in [1.807, 2.05) is 7.05 Å². The van der Waals surface area contributed by atoms with Crippen LogP contribution in [0.3, 0.4) is 0 Å². The van der Waals surface area contributed by atoms with E-state index < -0.39 is 0 Å². The molecule has 118 valence electrons. The average molecular weight is 403 g/mol. The Balaban J connectivity index is 0.00000220. The van der Waals surface area contributed by atoms with Crippen LogP contribution in [0.1, 0.15) is 18.1 Å². The van der Waals surface area contributed by atoms with Gasteiger partial charge in [0.2, 0.25) is 0 Å². The molecule has 1 N–H and O–H groups in total. The molecule has 1 aromatic carbocycles. The molecule has 0 amide bonds. The Bertz CT molecular complexity index is 486. The van der Waals surface area contributed by atoms with Crippen LogP contribution in [-0.2, 0) is 11.3 Å². The highest BCUT2D eigenvalue weighted by Gasteiger charge is 2.33. The SMILES string of the molecule is CN=C(NCC1(C)COC1)N(C)Cc1ccccc1C.I. The molecule has 0 bridgehead atoms. The fourth-order valence-electron chi connectivity index (χ4n) is 2.35. The van der Waals surface area contributed by atoms with Gasteiger partial charge in [-0.05, 0) is 18.1 Å². The molecule has 0 aliphatic carbocycles. The van der Waals surface area contributed by atoms with Gasteiger partial charge in [0.05, 0.1) is 13.2 Å². The number of nitrogens with zero attached hydrogens (tertiary/aromatic N) is 2. The van der Waals surface area contributed by atoms with Crippen LogP contribution in [0.2, 0.25) is 0 Å². The minimum atomic E-state index is 0. The summed E-state index contributed by atoms with van der Waals surface area (Å²) in [7, 11) is 3.90. The van der Waals surface area contributed by atoms with Crippen molar-refractivity contribution in [2.75, 3.05) is 33.9 Å². The molecule has 1 heterocycles. The first kappa shape index (κ1) is 18.2. The van der Waals surface area contributed by atoms with E-state index in [-0.39, 0.29) is 29.4 Å². The number of halogens is 1. The highest BCUT2D eigenvalue weighted by atomic mass is 127. The van der Waals surface area contributed by atoms with Crippen LogP contribution in [0.15, 0.2) is 29.3 Å². The Morgan fingerprint density at radius 1 is 1.38 bits per heavy atom. The van der Waals surface area contributed by atoms with Gasteiger partial charge in [-0.15, -0.1) is 24.0 Å². The van der Waals surface area contributed by atoms with E-state index in [9.17, 15) is 0 Å². The highest BCUT2D eigenvalue weighted by molar-refractivity contribution is 14.0. The van der Waals surface area contributed by atoms with Gasteiger partial charge < -0.3 is 15.0 Å². The molecule has 1 saturated heterocycles. The molecule has 5 heteroatoms. The largest absolute Gasteiger partial charge is 0.380 e. The van der Waals surface area contributed by atoms with Crippen LogP contribution >= 0.6 is 24.0 Å². The molecule has 2 rings (SSSR count). The molecule has 0 radical (unpaired) electrons. The van der Waals surface area contributed by atoms with E-state index in [0.29, 0.717) is 0 Å². The van der Waals surface area contributed by atoms with Crippen LogP contribution in [0.4, 0.5) is 0 Å². The predicted molar refractivity (Wildman–Crippen MR) is 98.3 cm³/mol. The summed E-state index contributed by atoms with van der Waals surface area (Å²) in [6, 6.07) is 8.47. The zero-order chi connectivity index (χ0) is 14.6. The summed E-state index contributed by atoms with van der Waals surface area (Å²) < 4.78 is 5.28. The lowest BCUT2D eigenvalue weighted by molar-refractivity contribution is -0.0972. The molecular weight excluding hydrogens is 377 g/mol. The second-order valence-electron chi connectivity index (χ2n) is 5.99. The first-order valence-electron chi connectivity index (χ1n) is 7.08. The fraction of sp³-hybridized carbons (Fsp3) is 0.562. The third kappa shape index (κ3) is 4.85. The van der Waals surface area contributed by atoms with Crippen LogP contribution in [0.5, 0.6) is 0 Å². The summed E-state index contributed by atoms with van der Waals surface area (Å²) >= 11 is 0. The van der Waals surface area contributed by atoms with E-state index in [1.165, 1.54) is 11.1 Å². The Hall–Kier alpha value is -0.820. The smallest absolute Gasteiger partial charge is 0.193 e. The third-order valence-electron chi connectivity index (χ3n) is 3.82. The monoisotopic (exact) mass is 403 g/mol. The van der Waals surface area contributed by atoms with Crippen molar-refractivity contribution >= 4 is 29.9 Å². The summed E-state index contributed by atoms with van der Waals surface area (Å²) in [4.78, 5) is 6.52. The van der Waals surface area contributed by atoms with Crippen LogP contribution in [-0.4, -0.2) is 44.7 Å². The summed E-state index contributed by atoms with van der Waals surface area (Å²) in [5.74, 6) is 0.932. The summed E-state index contributed by atoms with van der Waals surface area (Å²) in [5, 5.41) is 3.45. The Morgan fingerprint density at radius 3 is 2.57 bits per heavy atom. The van der Waals surface area contributed by atoms with E-state index in [0.717, 1.165) is 32.3 Å². The van der Waals surface area contributed by atoms with E-state index >= 15 is 0 Å². The van der Waals surface area contributed by atoms with Gasteiger partial charge >= 0.3 is 0 Å². The van der Waals surface area contributed by atoms with Crippen molar-refractivity contribution in [2.45, 2.75) is 20.4 Å². The predicted octanol–water partition coefficient (Wildman–Crippen LogP) is 2.66. The number of guanidine groups is 1. The number of nitrogens with one attached hydrogen (secondary N) is 1. The first-order valence-corrected chi connectivity index (χ1v) is 7.08. The highest BCUT2D eigenvalue weighted by Crippen LogP contribution is 2.25. The van der Waals surface area contributed by atoms with Crippen molar-refractivity contribution in [3.8, 4) is 0 Å². The number of ether oxygens (including phenoxy) is 1. The van der Waals surface area contributed by atoms with Gasteiger partial charge in [0, 0.05) is 32.6 Å². The zero-order valence-electron chi connectivity index (χ0n) is 13.3. The van der Waals surface area contributed by atoms with Crippen LogP contribution in [0.25, 0.3) is 0 Å². The molecule has 0 spiro atoms. The quantitative estimate of drug-likeness (QED) is 0.477. The molecule has 1 aliphatic rings. The molecule has 0 aromatic heterocycles. The molecule has 0 atom stereocenters. The molecule has 1 aliphatic heterocycles. The minimum absolute atomic E-state index is 0. The second kappa shape index (κ2) is 7.98. The maximum atomic E-state index is 5.28. The molecule has 0 saturated carbocycles. The van der Waals surface area contributed by atoms with Crippen molar-refractivity contribution in [1.82, 2.24) is 10.2 Å². The van der Waals surface area contributed by atoms with Crippen LogP contribution in [0, 0.1) is 12.3 Å². The lowest BCUT2D eigenvalue weighted by Gasteiger charge is -2.39. The summed E-state index contributed by atoms with van der Waals surface area (Å²) in [6.07, 6.45) is 0. The van der Waals surface area contributed by atoms with Crippen molar-refractivity contribution in [1.29, 1.82) is 0 Å². The van der Waals surface area contributed by atoms with Gasteiger partial charge in [-0.25, -0.2) is 0 Å². The van der Waals surface area contributed by atoms with Crippen molar-refractivity contribution in [3.05, 3.63) is 35.4 Å². The van der Waals surface area contributed by atoms with Gasteiger partial charge in [-0.2, -0.15) is 0 Å². The van der Waals surface area contributed by atoms with Gasteiger partial charge in [0.25, 0.3) is 0 Å². The summed E-state index contributed by atoms with van der Waals surface area (Å²) in [5.41, 5.74) is 2.89. The van der Waals surface area contributed by atoms with Crippen molar-refractivity contribution < 1.29 is 4.74 Å². The molecule has 0 unspecified atom stereocenters. The van der Waals surface area contributed by atoms with Gasteiger partial charge in [0.1, 0.15) is 0 Å². The number of aryl methyl sites for hydroxylation is 1. The number of hydrogen-bond donors (Lipinski definition) is 1. The maximum absolute atomic E-state index is 5.28. The molecule has 1 aromatic rings. The number of aliphatic imine (C=N–C) groups is 1. The third-order valence-corrected chi connectivity index (χ3v) is 3.82.